The summed E-state index contributed by atoms with van der Waals surface area (Å²) in [6.07, 6.45) is 0.541. The largest absolute Gasteiger partial charge is 0.391 e. The molecule has 72 valence electrons. The third kappa shape index (κ3) is 3.47. The zero-order valence-corrected chi connectivity index (χ0v) is 8.25. The fraction of sp³-hybridized carbons (Fsp3) is 0.455. The standard InChI is InChI=1S/C11H17NO/c1-3-11(13)8-12-10-6-4-5-9(2)7-10/h4-7,11-13H,3,8H2,1-2H3. The van der Waals surface area contributed by atoms with Crippen LogP contribution in [0.15, 0.2) is 24.3 Å². The second-order valence-electron chi connectivity index (χ2n) is 3.31. The fourth-order valence-corrected chi connectivity index (χ4v) is 1.14. The van der Waals surface area contributed by atoms with E-state index in [2.05, 4.69) is 24.4 Å². The average Bonchev–Trinajstić information content (AvgIpc) is 2.14. The van der Waals surface area contributed by atoms with Crippen LogP contribution in [0.1, 0.15) is 18.9 Å². The van der Waals surface area contributed by atoms with Gasteiger partial charge in [-0.2, -0.15) is 0 Å². The Hall–Kier alpha value is -1.02. The van der Waals surface area contributed by atoms with E-state index < -0.39 is 0 Å². The van der Waals surface area contributed by atoms with Gasteiger partial charge in [0.05, 0.1) is 6.10 Å². The van der Waals surface area contributed by atoms with Crippen molar-refractivity contribution < 1.29 is 5.11 Å². The number of rotatable bonds is 4. The number of anilines is 1. The van der Waals surface area contributed by atoms with Crippen LogP contribution in [-0.2, 0) is 0 Å². The molecule has 0 aromatic heterocycles. The van der Waals surface area contributed by atoms with E-state index in [-0.39, 0.29) is 6.10 Å². The van der Waals surface area contributed by atoms with Crippen LogP contribution in [0.3, 0.4) is 0 Å². The van der Waals surface area contributed by atoms with Gasteiger partial charge in [0.25, 0.3) is 0 Å². The minimum absolute atomic E-state index is 0.250. The lowest BCUT2D eigenvalue weighted by Crippen LogP contribution is -2.18. The van der Waals surface area contributed by atoms with Gasteiger partial charge in [0.15, 0.2) is 0 Å². The summed E-state index contributed by atoms with van der Waals surface area (Å²) in [5.41, 5.74) is 2.31. The molecule has 1 unspecified atom stereocenters. The topological polar surface area (TPSA) is 32.3 Å². The molecule has 1 aromatic carbocycles. The molecule has 0 spiro atoms. The van der Waals surface area contributed by atoms with Crippen molar-refractivity contribution in [2.75, 3.05) is 11.9 Å². The predicted molar refractivity (Wildman–Crippen MR) is 56.0 cm³/mol. The second kappa shape index (κ2) is 4.87. The highest BCUT2D eigenvalue weighted by atomic mass is 16.3. The Bertz CT molecular complexity index is 260. The van der Waals surface area contributed by atoms with E-state index in [9.17, 15) is 5.11 Å². The fourth-order valence-electron chi connectivity index (χ4n) is 1.14. The average molecular weight is 179 g/mol. The number of aliphatic hydroxyl groups is 1. The summed E-state index contributed by atoms with van der Waals surface area (Å²) in [5.74, 6) is 0. The van der Waals surface area contributed by atoms with Gasteiger partial charge in [0.1, 0.15) is 0 Å². The molecule has 0 heterocycles. The zero-order valence-electron chi connectivity index (χ0n) is 8.25. The molecular weight excluding hydrogens is 162 g/mol. The molecule has 0 radical (unpaired) electrons. The highest BCUT2D eigenvalue weighted by Crippen LogP contribution is 2.09. The summed E-state index contributed by atoms with van der Waals surface area (Å²) < 4.78 is 0. The van der Waals surface area contributed by atoms with Crippen molar-refractivity contribution >= 4 is 5.69 Å². The van der Waals surface area contributed by atoms with Crippen LogP contribution in [0.2, 0.25) is 0 Å². The lowest BCUT2D eigenvalue weighted by molar-refractivity contribution is 0.183. The maximum atomic E-state index is 9.33. The quantitative estimate of drug-likeness (QED) is 0.742. The zero-order chi connectivity index (χ0) is 9.68. The molecule has 0 fully saturated rings. The normalized spacial score (nSPS) is 12.5. The molecule has 0 saturated heterocycles. The van der Waals surface area contributed by atoms with Crippen molar-refractivity contribution in [1.29, 1.82) is 0 Å². The van der Waals surface area contributed by atoms with Gasteiger partial charge in [-0.05, 0) is 31.0 Å². The van der Waals surface area contributed by atoms with Gasteiger partial charge in [-0.3, -0.25) is 0 Å². The summed E-state index contributed by atoms with van der Waals surface area (Å²) in [6.45, 7) is 4.66. The number of aryl methyl sites for hydroxylation is 1. The Morgan fingerprint density at radius 3 is 2.85 bits per heavy atom. The predicted octanol–water partition coefficient (Wildman–Crippen LogP) is 2.18. The molecule has 13 heavy (non-hydrogen) atoms. The molecule has 0 aliphatic heterocycles. The van der Waals surface area contributed by atoms with Crippen molar-refractivity contribution in [3.63, 3.8) is 0 Å². The Morgan fingerprint density at radius 1 is 1.46 bits per heavy atom. The molecule has 0 amide bonds. The van der Waals surface area contributed by atoms with E-state index >= 15 is 0 Å². The third-order valence-electron chi connectivity index (χ3n) is 2.03. The molecule has 1 aromatic rings. The van der Waals surface area contributed by atoms with Gasteiger partial charge < -0.3 is 10.4 Å². The molecule has 0 aliphatic rings. The summed E-state index contributed by atoms with van der Waals surface area (Å²) in [6, 6.07) is 8.15. The van der Waals surface area contributed by atoms with Gasteiger partial charge in [-0.15, -0.1) is 0 Å². The minimum Gasteiger partial charge on any atom is -0.391 e. The van der Waals surface area contributed by atoms with Crippen molar-refractivity contribution in [3.8, 4) is 0 Å². The molecule has 0 bridgehead atoms. The number of hydrogen-bond acceptors (Lipinski definition) is 2. The van der Waals surface area contributed by atoms with Crippen LogP contribution in [0, 0.1) is 6.92 Å². The van der Waals surface area contributed by atoms with Crippen molar-refractivity contribution in [2.24, 2.45) is 0 Å². The van der Waals surface area contributed by atoms with Crippen LogP contribution in [0.4, 0.5) is 5.69 Å². The lowest BCUT2D eigenvalue weighted by atomic mass is 10.2. The van der Waals surface area contributed by atoms with E-state index in [4.69, 9.17) is 0 Å². The molecule has 0 aliphatic carbocycles. The first-order chi connectivity index (χ1) is 6.22. The van der Waals surface area contributed by atoms with Gasteiger partial charge in [0, 0.05) is 12.2 Å². The molecule has 2 heteroatoms. The van der Waals surface area contributed by atoms with Crippen LogP contribution in [0.5, 0.6) is 0 Å². The van der Waals surface area contributed by atoms with E-state index in [0.29, 0.717) is 6.54 Å². The number of benzene rings is 1. The van der Waals surface area contributed by atoms with Gasteiger partial charge in [-0.1, -0.05) is 19.1 Å². The summed E-state index contributed by atoms with van der Waals surface area (Å²) in [4.78, 5) is 0. The van der Waals surface area contributed by atoms with Crippen LogP contribution in [0.25, 0.3) is 0 Å². The van der Waals surface area contributed by atoms with Crippen molar-refractivity contribution in [3.05, 3.63) is 29.8 Å². The summed E-state index contributed by atoms with van der Waals surface area (Å²) in [7, 11) is 0. The van der Waals surface area contributed by atoms with Crippen molar-refractivity contribution in [2.45, 2.75) is 26.4 Å². The first-order valence-electron chi connectivity index (χ1n) is 4.71. The maximum Gasteiger partial charge on any atom is 0.0709 e. The first-order valence-corrected chi connectivity index (χ1v) is 4.71. The Balaban J connectivity index is 2.45. The highest BCUT2D eigenvalue weighted by molar-refractivity contribution is 5.45. The Morgan fingerprint density at radius 2 is 2.23 bits per heavy atom. The number of nitrogens with one attached hydrogen (secondary N) is 1. The molecule has 1 atom stereocenters. The number of hydrogen-bond donors (Lipinski definition) is 2. The van der Waals surface area contributed by atoms with Gasteiger partial charge in [0.2, 0.25) is 0 Å². The Labute approximate surface area is 79.6 Å². The van der Waals surface area contributed by atoms with E-state index in [1.54, 1.807) is 0 Å². The molecule has 0 saturated carbocycles. The van der Waals surface area contributed by atoms with Crippen LogP contribution < -0.4 is 5.32 Å². The van der Waals surface area contributed by atoms with Gasteiger partial charge in [-0.25, -0.2) is 0 Å². The lowest BCUT2D eigenvalue weighted by Gasteiger charge is -2.10. The second-order valence-corrected chi connectivity index (χ2v) is 3.31. The maximum absolute atomic E-state index is 9.33. The molecular formula is C11H17NO. The summed E-state index contributed by atoms with van der Waals surface area (Å²) in [5, 5.41) is 12.5. The van der Waals surface area contributed by atoms with E-state index in [1.807, 2.05) is 19.1 Å². The minimum atomic E-state index is -0.250. The van der Waals surface area contributed by atoms with Crippen molar-refractivity contribution in [1.82, 2.24) is 0 Å². The van der Waals surface area contributed by atoms with Gasteiger partial charge >= 0.3 is 0 Å². The Kier molecular flexibility index (Phi) is 3.77. The highest BCUT2D eigenvalue weighted by Gasteiger charge is 1.99. The summed E-state index contributed by atoms with van der Waals surface area (Å²) >= 11 is 0. The third-order valence-corrected chi connectivity index (χ3v) is 2.03. The molecule has 2 N–H and O–H groups in total. The van der Waals surface area contributed by atoms with Crippen LogP contribution in [-0.4, -0.2) is 17.8 Å². The number of aliphatic hydroxyl groups excluding tert-OH is 1. The molecule has 2 nitrogen and oxygen atoms in total. The first kappa shape index (κ1) is 10.1. The monoisotopic (exact) mass is 179 g/mol. The van der Waals surface area contributed by atoms with E-state index in [0.717, 1.165) is 12.1 Å². The molecule has 1 rings (SSSR count). The smallest absolute Gasteiger partial charge is 0.0709 e. The van der Waals surface area contributed by atoms with Crippen LogP contribution >= 0.6 is 0 Å². The van der Waals surface area contributed by atoms with E-state index in [1.165, 1.54) is 5.56 Å². The SMILES string of the molecule is CCC(O)CNc1cccc(C)c1.